The molecule has 6 nitrogen and oxygen atoms in total. The minimum atomic E-state index is -2.38. The number of carboxylic acid groups (broad SMARTS) is 2. The lowest BCUT2D eigenvalue weighted by Gasteiger charge is -2.21. The van der Waals surface area contributed by atoms with Crippen molar-refractivity contribution in [1.29, 1.82) is 0 Å². The molecule has 0 saturated heterocycles. The Hall–Kier alpha value is -3.15. The molecule has 0 aromatic heterocycles. The van der Waals surface area contributed by atoms with Gasteiger partial charge in [-0.15, -0.1) is 0 Å². The summed E-state index contributed by atoms with van der Waals surface area (Å²) in [5, 5.41) is 20.0. The van der Waals surface area contributed by atoms with Gasteiger partial charge in [0.2, 0.25) is 5.54 Å². The second-order valence-electron chi connectivity index (χ2n) is 5.13. The molecule has 0 bridgehead atoms. The minimum Gasteiger partial charge on any atom is -0.479 e. The first kappa shape index (κ1) is 16.2. The van der Waals surface area contributed by atoms with Gasteiger partial charge in [0.05, 0.1) is 0 Å². The van der Waals surface area contributed by atoms with Crippen molar-refractivity contribution in [3.63, 3.8) is 0 Å². The molecule has 6 heteroatoms. The van der Waals surface area contributed by atoms with Crippen molar-refractivity contribution in [1.82, 2.24) is 5.32 Å². The molecular formula is C17H15NO5. The van der Waals surface area contributed by atoms with Crippen molar-refractivity contribution in [3.8, 4) is 11.1 Å². The molecule has 2 rings (SSSR count). The summed E-state index contributed by atoms with van der Waals surface area (Å²) in [5.74, 6) is -4.05. The van der Waals surface area contributed by atoms with Crippen LogP contribution in [0.2, 0.25) is 0 Å². The molecule has 0 aliphatic heterocycles. The largest absolute Gasteiger partial charge is 0.479 e. The summed E-state index contributed by atoms with van der Waals surface area (Å²) < 4.78 is 0. The molecule has 2 aromatic rings. The summed E-state index contributed by atoms with van der Waals surface area (Å²) in [5.41, 5.74) is -0.338. The average Bonchev–Trinajstić information content (AvgIpc) is 2.55. The maximum absolute atomic E-state index is 12.1. The minimum absolute atomic E-state index is 0.179. The molecule has 0 unspecified atom stereocenters. The van der Waals surface area contributed by atoms with Crippen molar-refractivity contribution in [3.05, 3.63) is 60.2 Å². The van der Waals surface area contributed by atoms with Crippen LogP contribution in [0, 0.1) is 0 Å². The molecule has 0 radical (unpaired) electrons. The summed E-state index contributed by atoms with van der Waals surface area (Å²) in [6, 6.07) is 16.0. The van der Waals surface area contributed by atoms with Crippen LogP contribution in [0.5, 0.6) is 0 Å². The number of carbonyl (C=O) groups is 3. The van der Waals surface area contributed by atoms with Crippen LogP contribution in [-0.4, -0.2) is 33.6 Å². The Morgan fingerprint density at radius 2 is 1.30 bits per heavy atom. The molecule has 1 amide bonds. The third-order valence-corrected chi connectivity index (χ3v) is 3.47. The van der Waals surface area contributed by atoms with E-state index in [-0.39, 0.29) is 5.56 Å². The Morgan fingerprint density at radius 1 is 0.826 bits per heavy atom. The van der Waals surface area contributed by atoms with Crippen LogP contribution < -0.4 is 5.32 Å². The summed E-state index contributed by atoms with van der Waals surface area (Å²) in [6.45, 7) is 0.925. The zero-order valence-corrected chi connectivity index (χ0v) is 12.3. The average molecular weight is 313 g/mol. The van der Waals surface area contributed by atoms with Crippen molar-refractivity contribution in [2.24, 2.45) is 0 Å². The predicted molar refractivity (Wildman–Crippen MR) is 83.0 cm³/mol. The molecule has 0 saturated carbocycles. The lowest BCUT2D eigenvalue weighted by molar-refractivity contribution is -0.157. The van der Waals surface area contributed by atoms with Gasteiger partial charge in [-0.25, -0.2) is 9.59 Å². The molecule has 118 valence electrons. The van der Waals surface area contributed by atoms with E-state index in [0.717, 1.165) is 18.1 Å². The van der Waals surface area contributed by atoms with Crippen molar-refractivity contribution < 1.29 is 24.6 Å². The highest BCUT2D eigenvalue weighted by Gasteiger charge is 2.43. The number of hydrogen-bond donors (Lipinski definition) is 3. The maximum Gasteiger partial charge on any atom is 0.340 e. The number of rotatable bonds is 5. The van der Waals surface area contributed by atoms with Crippen LogP contribution in [0.15, 0.2) is 54.6 Å². The molecule has 2 aromatic carbocycles. The quantitative estimate of drug-likeness (QED) is 0.733. The number of hydrogen-bond acceptors (Lipinski definition) is 3. The van der Waals surface area contributed by atoms with Gasteiger partial charge in [-0.2, -0.15) is 0 Å². The van der Waals surface area contributed by atoms with E-state index in [9.17, 15) is 14.4 Å². The number of amides is 1. The third kappa shape index (κ3) is 3.37. The molecule has 0 spiro atoms. The summed E-state index contributed by atoms with van der Waals surface area (Å²) in [7, 11) is 0. The molecular weight excluding hydrogens is 298 g/mol. The van der Waals surface area contributed by atoms with Crippen molar-refractivity contribution in [2.45, 2.75) is 12.5 Å². The summed E-state index contributed by atoms with van der Waals surface area (Å²) in [6.07, 6.45) is 0. The first-order chi connectivity index (χ1) is 10.8. The first-order valence-electron chi connectivity index (χ1n) is 6.79. The predicted octanol–water partition coefficient (Wildman–Crippen LogP) is 2.01. The fourth-order valence-electron chi connectivity index (χ4n) is 1.94. The van der Waals surface area contributed by atoms with Gasteiger partial charge in [0.1, 0.15) is 0 Å². The number of benzene rings is 2. The van der Waals surface area contributed by atoms with E-state index in [1.54, 1.807) is 12.1 Å². The number of carboxylic acids is 2. The van der Waals surface area contributed by atoms with Gasteiger partial charge in [-0.3, -0.25) is 4.79 Å². The SMILES string of the molecule is CC(NC(=O)c1ccc(-c2ccccc2)cc1)(C(=O)O)C(=O)O. The zero-order chi connectivity index (χ0) is 17.0. The normalized spacial score (nSPS) is 10.8. The second-order valence-corrected chi connectivity index (χ2v) is 5.13. The first-order valence-corrected chi connectivity index (χ1v) is 6.79. The number of aliphatic carboxylic acids is 2. The van der Waals surface area contributed by atoms with E-state index in [1.807, 2.05) is 35.6 Å². The van der Waals surface area contributed by atoms with Crippen LogP contribution in [-0.2, 0) is 9.59 Å². The molecule has 0 heterocycles. The molecule has 0 fully saturated rings. The van der Waals surface area contributed by atoms with Crippen LogP contribution in [0.3, 0.4) is 0 Å². The van der Waals surface area contributed by atoms with Gasteiger partial charge in [-0.1, -0.05) is 42.5 Å². The number of carbonyl (C=O) groups excluding carboxylic acids is 1. The van der Waals surface area contributed by atoms with Gasteiger partial charge in [-0.05, 0) is 30.2 Å². The monoisotopic (exact) mass is 313 g/mol. The Morgan fingerprint density at radius 3 is 1.78 bits per heavy atom. The molecule has 3 N–H and O–H groups in total. The number of nitrogens with one attached hydrogen (secondary N) is 1. The fraction of sp³-hybridized carbons (Fsp3) is 0.118. The second kappa shape index (κ2) is 6.31. The molecule has 23 heavy (non-hydrogen) atoms. The van der Waals surface area contributed by atoms with E-state index in [1.165, 1.54) is 12.1 Å². The van der Waals surface area contributed by atoms with E-state index in [0.29, 0.717) is 0 Å². The van der Waals surface area contributed by atoms with Crippen LogP contribution in [0.1, 0.15) is 17.3 Å². The van der Waals surface area contributed by atoms with Gasteiger partial charge >= 0.3 is 11.9 Å². The molecule has 0 aliphatic carbocycles. The van der Waals surface area contributed by atoms with E-state index >= 15 is 0 Å². The third-order valence-electron chi connectivity index (χ3n) is 3.47. The lowest BCUT2D eigenvalue weighted by atomic mass is 10.0. The highest BCUT2D eigenvalue weighted by Crippen LogP contribution is 2.19. The summed E-state index contributed by atoms with van der Waals surface area (Å²) >= 11 is 0. The van der Waals surface area contributed by atoms with E-state index in [4.69, 9.17) is 10.2 Å². The molecule has 0 aliphatic rings. The van der Waals surface area contributed by atoms with E-state index < -0.39 is 23.4 Å². The summed E-state index contributed by atoms with van der Waals surface area (Å²) in [4.78, 5) is 34.2. The Labute approximate surface area is 132 Å². The van der Waals surface area contributed by atoms with Gasteiger partial charge in [0, 0.05) is 5.56 Å². The Kier molecular flexibility index (Phi) is 4.45. The Bertz CT molecular complexity index is 723. The zero-order valence-electron chi connectivity index (χ0n) is 12.3. The standard InChI is InChI=1S/C17H15NO5/c1-17(15(20)21,16(22)23)18-14(19)13-9-7-12(8-10-13)11-5-3-2-4-6-11/h2-10H,1H3,(H,18,19)(H,20,21)(H,22,23). The van der Waals surface area contributed by atoms with Crippen LogP contribution in [0.4, 0.5) is 0 Å². The highest BCUT2D eigenvalue weighted by molar-refractivity contribution is 6.08. The molecule has 0 atom stereocenters. The maximum atomic E-state index is 12.1. The van der Waals surface area contributed by atoms with Crippen LogP contribution >= 0.6 is 0 Å². The van der Waals surface area contributed by atoms with Gasteiger partial charge in [0.15, 0.2) is 0 Å². The van der Waals surface area contributed by atoms with Gasteiger partial charge in [0.25, 0.3) is 5.91 Å². The van der Waals surface area contributed by atoms with Crippen molar-refractivity contribution in [2.75, 3.05) is 0 Å². The topological polar surface area (TPSA) is 104 Å². The Balaban J connectivity index is 2.21. The fourth-order valence-corrected chi connectivity index (χ4v) is 1.94. The van der Waals surface area contributed by atoms with Crippen molar-refractivity contribution >= 4 is 17.8 Å². The highest BCUT2D eigenvalue weighted by atomic mass is 16.4. The van der Waals surface area contributed by atoms with Crippen LogP contribution in [0.25, 0.3) is 11.1 Å². The smallest absolute Gasteiger partial charge is 0.340 e. The lowest BCUT2D eigenvalue weighted by Crippen LogP contribution is -2.57. The van der Waals surface area contributed by atoms with Gasteiger partial charge < -0.3 is 15.5 Å². The van der Waals surface area contributed by atoms with E-state index in [2.05, 4.69) is 0 Å².